The van der Waals surface area contributed by atoms with Crippen LogP contribution in [0, 0.1) is 11.8 Å². The van der Waals surface area contributed by atoms with Crippen LogP contribution < -0.4 is 10.6 Å². The highest BCUT2D eigenvalue weighted by Crippen LogP contribution is 2.33. The maximum atomic E-state index is 13.6. The van der Waals surface area contributed by atoms with Crippen LogP contribution in [0.2, 0.25) is 0 Å². The molecule has 5 rings (SSSR count). The summed E-state index contributed by atoms with van der Waals surface area (Å²) in [5.74, 6) is -1.91. The van der Waals surface area contributed by atoms with Gasteiger partial charge in [0.05, 0.1) is 39.1 Å². The van der Waals surface area contributed by atoms with E-state index in [1.165, 1.54) is 19.1 Å². The number of ketones is 1. The molecule has 4 atom stereocenters. The summed E-state index contributed by atoms with van der Waals surface area (Å²) in [6.45, 7) is 6.31. The van der Waals surface area contributed by atoms with Gasteiger partial charge in [-0.2, -0.15) is 0 Å². The molecule has 0 bridgehead atoms. The number of allylic oxidation sites excluding steroid dienone is 1. The normalized spacial score (nSPS) is 19.6. The number of methoxy groups -OCH3 is 2. The van der Waals surface area contributed by atoms with Gasteiger partial charge in [0, 0.05) is 37.0 Å². The average molecular weight is 728 g/mol. The molecule has 0 saturated carbocycles. The van der Waals surface area contributed by atoms with Gasteiger partial charge in [-0.25, -0.2) is 4.79 Å². The van der Waals surface area contributed by atoms with Crippen molar-refractivity contribution in [1.82, 2.24) is 20.4 Å². The van der Waals surface area contributed by atoms with E-state index in [1.54, 1.807) is 19.1 Å². The smallest absolute Gasteiger partial charge is 0.407 e. The van der Waals surface area contributed by atoms with Gasteiger partial charge in [0.2, 0.25) is 17.7 Å². The van der Waals surface area contributed by atoms with E-state index in [2.05, 4.69) is 15.4 Å². The van der Waals surface area contributed by atoms with E-state index in [9.17, 15) is 28.8 Å². The van der Waals surface area contributed by atoms with Crippen LogP contribution in [0.15, 0.2) is 59.7 Å². The predicted octanol–water partition coefficient (Wildman–Crippen LogP) is 4.40. The number of nitrogens with one attached hydrogen (secondary N) is 2. The molecule has 2 aromatic carbocycles. The zero-order valence-corrected chi connectivity index (χ0v) is 31.1. The molecule has 2 N–H and O–H groups in total. The molecular formula is C40H49N5O8. The SMILES string of the molecule is COC(=O)C[C@H](C(=O)N1CCC[C@H]1C1=NC=C(c2ccc(-c3ccc(C(=O)CNC(=O)[C@H](C)N4CCC[C@@H](NC(=O)OC)C4=O)cc3)cc2)C1)C(C)C. The first-order chi connectivity index (χ1) is 25.4. The number of nitrogens with zero attached hydrogens (tertiary/aromatic N) is 3. The molecule has 3 heterocycles. The number of hydrogen-bond acceptors (Lipinski definition) is 9. The summed E-state index contributed by atoms with van der Waals surface area (Å²) in [5.41, 5.74) is 5.41. The number of carbonyl (C=O) groups is 6. The highest BCUT2D eigenvalue weighted by Gasteiger charge is 2.39. The molecule has 0 aromatic heterocycles. The van der Waals surface area contributed by atoms with Crippen LogP contribution in [0.3, 0.4) is 0 Å². The van der Waals surface area contributed by atoms with Crippen LogP contribution in [0.25, 0.3) is 16.7 Å². The van der Waals surface area contributed by atoms with E-state index >= 15 is 0 Å². The van der Waals surface area contributed by atoms with Gasteiger partial charge in [-0.05, 0) is 60.8 Å². The van der Waals surface area contributed by atoms with Gasteiger partial charge >= 0.3 is 12.1 Å². The number of aliphatic imine (C=N–C) groups is 1. The second-order valence-electron chi connectivity index (χ2n) is 14.1. The largest absolute Gasteiger partial charge is 0.469 e. The Morgan fingerprint density at radius 1 is 0.868 bits per heavy atom. The third kappa shape index (κ3) is 9.19. The molecule has 13 heteroatoms. The molecule has 282 valence electrons. The summed E-state index contributed by atoms with van der Waals surface area (Å²) in [4.78, 5) is 83.9. The summed E-state index contributed by atoms with van der Waals surface area (Å²) in [6.07, 6.45) is 4.68. The second kappa shape index (κ2) is 17.5. The molecule has 0 aliphatic carbocycles. The number of ether oxygens (including phenoxy) is 2. The number of Topliss-reactive ketones (excluding diaryl/α,β-unsaturated/α-hetero) is 1. The topological polar surface area (TPSA) is 164 Å². The van der Waals surface area contributed by atoms with Crippen LogP contribution >= 0.6 is 0 Å². The van der Waals surface area contributed by atoms with Crippen molar-refractivity contribution in [3.63, 3.8) is 0 Å². The minimum atomic E-state index is -0.815. The quantitative estimate of drug-likeness (QED) is 0.227. The van der Waals surface area contributed by atoms with E-state index in [0.29, 0.717) is 37.9 Å². The van der Waals surface area contributed by atoms with Gasteiger partial charge < -0.3 is 29.9 Å². The number of benzene rings is 2. The van der Waals surface area contributed by atoms with E-state index in [-0.39, 0.29) is 48.5 Å². The fourth-order valence-corrected chi connectivity index (χ4v) is 7.19. The molecular weight excluding hydrogens is 678 g/mol. The van der Waals surface area contributed by atoms with Crippen molar-refractivity contribution in [3.8, 4) is 11.1 Å². The standard InChI is InChI=1S/C40H49N5O8/c1-24(2)31(21-36(47)52-4)38(49)45-19-7-9-34(45)33-20-30(22-41-33)28-12-10-26(11-13-28)27-14-16-29(17-15-27)35(46)23-42-37(48)25(3)44-18-6-8-32(39(44)50)43-40(51)53-5/h10-17,22,24-25,31-32,34H,6-9,18-21,23H2,1-5H3,(H,42,48)(H,43,51)/t25-,31-,32+,34-/m0/s1. The van der Waals surface area contributed by atoms with Crippen molar-refractivity contribution in [2.24, 2.45) is 16.8 Å². The van der Waals surface area contributed by atoms with Crippen molar-refractivity contribution in [1.29, 1.82) is 0 Å². The van der Waals surface area contributed by atoms with E-state index in [1.807, 2.05) is 61.3 Å². The summed E-state index contributed by atoms with van der Waals surface area (Å²) in [5, 5.41) is 5.15. The van der Waals surface area contributed by atoms with Gasteiger partial charge in [0.15, 0.2) is 5.78 Å². The third-order valence-corrected chi connectivity index (χ3v) is 10.4. The van der Waals surface area contributed by atoms with Crippen LogP contribution in [0.1, 0.15) is 75.2 Å². The van der Waals surface area contributed by atoms with Crippen molar-refractivity contribution in [2.75, 3.05) is 33.9 Å². The lowest BCUT2D eigenvalue weighted by Gasteiger charge is -2.35. The van der Waals surface area contributed by atoms with Gasteiger partial charge in [-0.1, -0.05) is 62.4 Å². The van der Waals surface area contributed by atoms with Crippen LogP contribution in [0.4, 0.5) is 4.79 Å². The first-order valence-corrected chi connectivity index (χ1v) is 18.2. The molecule has 0 radical (unpaired) electrons. The Hall–Kier alpha value is -5.33. The summed E-state index contributed by atoms with van der Waals surface area (Å²) >= 11 is 0. The number of hydrogen-bond donors (Lipinski definition) is 2. The highest BCUT2D eigenvalue weighted by molar-refractivity contribution is 6.04. The van der Waals surface area contributed by atoms with Crippen molar-refractivity contribution >= 4 is 46.9 Å². The fourth-order valence-electron chi connectivity index (χ4n) is 7.19. The average Bonchev–Trinajstić information content (AvgIpc) is 3.87. The molecule has 53 heavy (non-hydrogen) atoms. The van der Waals surface area contributed by atoms with Gasteiger partial charge in [-0.15, -0.1) is 0 Å². The summed E-state index contributed by atoms with van der Waals surface area (Å²) in [7, 11) is 2.56. The Labute approximate surface area is 310 Å². The zero-order valence-electron chi connectivity index (χ0n) is 31.1. The molecule has 2 fully saturated rings. The van der Waals surface area contributed by atoms with Crippen LogP contribution in [-0.2, 0) is 28.7 Å². The van der Waals surface area contributed by atoms with Gasteiger partial charge in [0.25, 0.3) is 0 Å². The molecule has 2 aromatic rings. The summed E-state index contributed by atoms with van der Waals surface area (Å²) in [6, 6.07) is 13.6. The van der Waals surface area contributed by atoms with E-state index in [0.717, 1.165) is 40.8 Å². The Balaban J connectivity index is 1.12. The number of amides is 4. The number of esters is 1. The Kier molecular flexibility index (Phi) is 12.8. The van der Waals surface area contributed by atoms with Crippen molar-refractivity contribution < 1.29 is 38.2 Å². The molecule has 0 spiro atoms. The lowest BCUT2D eigenvalue weighted by Crippen LogP contribution is -2.58. The minimum absolute atomic E-state index is 0.00679. The maximum absolute atomic E-state index is 13.6. The Morgan fingerprint density at radius 3 is 2.15 bits per heavy atom. The van der Waals surface area contributed by atoms with E-state index in [4.69, 9.17) is 9.73 Å². The number of rotatable bonds is 13. The first-order valence-electron chi connectivity index (χ1n) is 18.2. The minimum Gasteiger partial charge on any atom is -0.469 e. The monoisotopic (exact) mass is 727 g/mol. The van der Waals surface area contributed by atoms with E-state index < -0.39 is 30.0 Å². The van der Waals surface area contributed by atoms with Gasteiger partial charge in [0.1, 0.15) is 12.1 Å². The highest BCUT2D eigenvalue weighted by atomic mass is 16.5. The van der Waals surface area contributed by atoms with Crippen molar-refractivity contribution in [3.05, 3.63) is 65.9 Å². The first kappa shape index (κ1) is 38.9. The molecule has 13 nitrogen and oxygen atoms in total. The predicted molar refractivity (Wildman–Crippen MR) is 199 cm³/mol. The molecule has 2 saturated heterocycles. The van der Waals surface area contributed by atoms with Crippen LogP contribution in [-0.4, -0.2) is 103 Å². The number of piperidine rings is 1. The van der Waals surface area contributed by atoms with Crippen LogP contribution in [0.5, 0.6) is 0 Å². The lowest BCUT2D eigenvalue weighted by atomic mass is 9.90. The number of carbonyl (C=O) groups excluding carboxylic acids is 6. The Morgan fingerprint density at radius 2 is 1.51 bits per heavy atom. The fraction of sp³-hybridized carbons (Fsp3) is 0.475. The van der Waals surface area contributed by atoms with Gasteiger partial charge in [-0.3, -0.25) is 29.0 Å². The number of alkyl carbamates (subject to hydrolysis) is 1. The lowest BCUT2D eigenvalue weighted by molar-refractivity contribution is -0.148. The Bertz CT molecular complexity index is 1770. The molecule has 3 aliphatic heterocycles. The third-order valence-electron chi connectivity index (χ3n) is 10.4. The second-order valence-corrected chi connectivity index (χ2v) is 14.1. The maximum Gasteiger partial charge on any atom is 0.407 e. The molecule has 4 amide bonds. The zero-order chi connectivity index (χ0) is 38.2. The molecule has 0 unspecified atom stereocenters. The molecule has 3 aliphatic rings. The van der Waals surface area contributed by atoms with Crippen molar-refractivity contribution in [2.45, 2.75) is 77.4 Å². The number of likely N-dealkylation sites (tertiary alicyclic amines) is 2. The summed E-state index contributed by atoms with van der Waals surface area (Å²) < 4.78 is 9.44.